The largest absolute Gasteiger partial charge is 0.493 e. The van der Waals surface area contributed by atoms with Crippen LogP contribution in [0.25, 0.3) is 0 Å². The zero-order valence-corrected chi connectivity index (χ0v) is 17.8. The summed E-state index contributed by atoms with van der Waals surface area (Å²) in [5, 5.41) is 3.31. The first kappa shape index (κ1) is 21.9. The highest BCUT2D eigenvalue weighted by Crippen LogP contribution is 2.37. The van der Waals surface area contributed by atoms with Crippen molar-refractivity contribution in [2.45, 2.75) is 12.3 Å². The van der Waals surface area contributed by atoms with Crippen molar-refractivity contribution in [3.8, 4) is 11.5 Å². The van der Waals surface area contributed by atoms with Crippen molar-refractivity contribution in [2.24, 2.45) is 0 Å². The lowest BCUT2D eigenvalue weighted by atomic mass is 9.98. The molecule has 0 unspecified atom stereocenters. The summed E-state index contributed by atoms with van der Waals surface area (Å²) < 4.78 is 21.3. The van der Waals surface area contributed by atoms with Gasteiger partial charge in [-0.2, -0.15) is 0 Å². The van der Waals surface area contributed by atoms with Crippen molar-refractivity contribution in [1.82, 2.24) is 0 Å². The third-order valence-corrected chi connectivity index (χ3v) is 5.12. The third kappa shape index (κ3) is 5.43. The number of methoxy groups -OCH3 is 3. The van der Waals surface area contributed by atoms with Crippen LogP contribution in [-0.2, 0) is 14.3 Å². The lowest BCUT2D eigenvalue weighted by Gasteiger charge is -2.19. The molecule has 1 N–H and O–H groups in total. The van der Waals surface area contributed by atoms with Crippen LogP contribution in [0.3, 0.4) is 0 Å². The van der Waals surface area contributed by atoms with Gasteiger partial charge in [0.25, 0.3) is 0 Å². The van der Waals surface area contributed by atoms with Crippen molar-refractivity contribution in [3.05, 3.63) is 48.0 Å². The molecule has 0 aliphatic carbocycles. The Balaban J connectivity index is 1.72. The van der Waals surface area contributed by atoms with Crippen LogP contribution >= 0.6 is 0 Å². The molecule has 1 aliphatic rings. The van der Waals surface area contributed by atoms with E-state index in [1.807, 2.05) is 47.4 Å². The zero-order chi connectivity index (χ0) is 21.3. The van der Waals surface area contributed by atoms with Crippen LogP contribution in [0, 0.1) is 0 Å². The maximum absolute atomic E-state index is 12.8. The summed E-state index contributed by atoms with van der Waals surface area (Å²) >= 11 is 0. The molecule has 30 heavy (non-hydrogen) atoms. The molecule has 0 spiro atoms. The summed E-state index contributed by atoms with van der Waals surface area (Å²) in [4.78, 5) is 14.6. The van der Waals surface area contributed by atoms with Crippen LogP contribution in [0.1, 0.15) is 17.9 Å². The third-order valence-electron chi connectivity index (χ3n) is 5.12. The Morgan fingerprint density at radius 2 is 1.83 bits per heavy atom. The minimum absolute atomic E-state index is 0.0956. The average molecular weight is 415 g/mol. The van der Waals surface area contributed by atoms with Crippen LogP contribution < -0.4 is 19.7 Å². The topological polar surface area (TPSA) is 69.3 Å². The first-order chi connectivity index (χ1) is 14.7. The molecule has 1 saturated heterocycles. The Morgan fingerprint density at radius 1 is 1.00 bits per heavy atom. The Bertz CT molecular complexity index is 842. The maximum atomic E-state index is 12.8. The standard InChI is InChI=1S/C23H30N2O5/c1-27-10-9-24-19-5-4-6-20(15-19)25-16-18(14-23(25)26)17-7-8-21(29-3)22(13-17)30-12-11-28-2/h4-8,13,15,18,24H,9-12,14,16H2,1-3H3/t18-/m0/s1. The van der Waals surface area contributed by atoms with E-state index in [0.29, 0.717) is 50.8 Å². The summed E-state index contributed by atoms with van der Waals surface area (Å²) in [5.41, 5.74) is 2.93. The van der Waals surface area contributed by atoms with Gasteiger partial charge < -0.3 is 29.2 Å². The molecule has 0 radical (unpaired) electrons. The second-order valence-electron chi connectivity index (χ2n) is 7.13. The van der Waals surface area contributed by atoms with E-state index in [4.69, 9.17) is 18.9 Å². The number of benzene rings is 2. The van der Waals surface area contributed by atoms with E-state index in [-0.39, 0.29) is 11.8 Å². The summed E-state index contributed by atoms with van der Waals surface area (Å²) in [6.45, 7) is 2.91. The van der Waals surface area contributed by atoms with Crippen LogP contribution in [0.2, 0.25) is 0 Å². The van der Waals surface area contributed by atoms with Crippen molar-refractivity contribution in [2.75, 3.05) is 64.5 Å². The first-order valence-corrected chi connectivity index (χ1v) is 10.1. The summed E-state index contributed by atoms with van der Waals surface area (Å²) in [6.07, 6.45) is 0.463. The van der Waals surface area contributed by atoms with Gasteiger partial charge in [-0.15, -0.1) is 0 Å². The van der Waals surface area contributed by atoms with Gasteiger partial charge in [-0.25, -0.2) is 0 Å². The molecule has 2 aromatic carbocycles. The van der Waals surface area contributed by atoms with Gasteiger partial charge in [-0.1, -0.05) is 12.1 Å². The average Bonchev–Trinajstić information content (AvgIpc) is 3.16. The molecule has 162 valence electrons. The molecular formula is C23H30N2O5. The number of carbonyl (C=O) groups is 1. The molecule has 1 fully saturated rings. The smallest absolute Gasteiger partial charge is 0.227 e. The summed E-state index contributed by atoms with van der Waals surface area (Å²) in [5.74, 6) is 1.55. The summed E-state index contributed by atoms with van der Waals surface area (Å²) in [7, 11) is 4.93. The molecule has 0 saturated carbocycles. The molecular weight excluding hydrogens is 384 g/mol. The molecule has 0 bridgehead atoms. The fourth-order valence-corrected chi connectivity index (χ4v) is 3.56. The minimum Gasteiger partial charge on any atom is -0.493 e. The number of carbonyl (C=O) groups excluding carboxylic acids is 1. The number of amides is 1. The second-order valence-corrected chi connectivity index (χ2v) is 7.13. The van der Waals surface area contributed by atoms with Crippen molar-refractivity contribution < 1.29 is 23.7 Å². The Hall–Kier alpha value is -2.77. The SMILES string of the molecule is COCCNc1cccc(N2C[C@@H](c3ccc(OC)c(OCCOC)c3)CC2=O)c1. The lowest BCUT2D eigenvalue weighted by Crippen LogP contribution is -2.24. The molecule has 1 aliphatic heterocycles. The van der Waals surface area contributed by atoms with Gasteiger partial charge in [0.15, 0.2) is 11.5 Å². The highest BCUT2D eigenvalue weighted by Gasteiger charge is 2.32. The number of nitrogens with one attached hydrogen (secondary N) is 1. The molecule has 7 nitrogen and oxygen atoms in total. The Morgan fingerprint density at radius 3 is 2.60 bits per heavy atom. The number of hydrogen-bond acceptors (Lipinski definition) is 6. The normalized spacial score (nSPS) is 16.0. The van der Waals surface area contributed by atoms with Gasteiger partial charge in [-0.3, -0.25) is 4.79 Å². The predicted octanol–water partition coefficient (Wildman–Crippen LogP) is 3.30. The highest BCUT2D eigenvalue weighted by molar-refractivity contribution is 5.97. The predicted molar refractivity (Wildman–Crippen MR) is 117 cm³/mol. The van der Waals surface area contributed by atoms with Crippen LogP contribution in [-0.4, -0.2) is 60.1 Å². The monoisotopic (exact) mass is 414 g/mol. The van der Waals surface area contributed by atoms with Crippen molar-refractivity contribution in [3.63, 3.8) is 0 Å². The highest BCUT2D eigenvalue weighted by atomic mass is 16.5. The van der Waals surface area contributed by atoms with Gasteiger partial charge in [0.2, 0.25) is 5.91 Å². The number of anilines is 2. The fourth-order valence-electron chi connectivity index (χ4n) is 3.56. The number of nitrogens with zero attached hydrogens (tertiary/aromatic N) is 1. The quantitative estimate of drug-likeness (QED) is 0.569. The lowest BCUT2D eigenvalue weighted by molar-refractivity contribution is -0.117. The maximum Gasteiger partial charge on any atom is 0.227 e. The van der Waals surface area contributed by atoms with E-state index in [2.05, 4.69) is 5.32 Å². The number of rotatable bonds is 11. The van der Waals surface area contributed by atoms with E-state index in [0.717, 1.165) is 16.9 Å². The first-order valence-electron chi connectivity index (χ1n) is 10.1. The molecule has 1 amide bonds. The number of hydrogen-bond donors (Lipinski definition) is 1. The minimum atomic E-state index is 0.0956. The fraction of sp³-hybridized carbons (Fsp3) is 0.435. The number of ether oxygens (including phenoxy) is 4. The van der Waals surface area contributed by atoms with Gasteiger partial charge in [-0.05, 0) is 35.9 Å². The van der Waals surface area contributed by atoms with E-state index < -0.39 is 0 Å². The van der Waals surface area contributed by atoms with E-state index in [1.54, 1.807) is 21.3 Å². The van der Waals surface area contributed by atoms with Crippen molar-refractivity contribution >= 4 is 17.3 Å². The van der Waals surface area contributed by atoms with Crippen molar-refractivity contribution in [1.29, 1.82) is 0 Å². The Kier molecular flexibility index (Phi) is 7.93. The summed E-state index contributed by atoms with van der Waals surface area (Å²) in [6, 6.07) is 13.8. The van der Waals surface area contributed by atoms with Crippen LogP contribution in [0.15, 0.2) is 42.5 Å². The van der Waals surface area contributed by atoms with Gasteiger partial charge in [0.05, 0.1) is 20.3 Å². The molecule has 7 heteroatoms. The molecule has 2 aromatic rings. The van der Waals surface area contributed by atoms with Gasteiger partial charge in [0.1, 0.15) is 6.61 Å². The molecule has 1 heterocycles. The van der Waals surface area contributed by atoms with Crippen LogP contribution in [0.4, 0.5) is 11.4 Å². The van der Waals surface area contributed by atoms with E-state index in [9.17, 15) is 4.79 Å². The second kappa shape index (κ2) is 10.8. The zero-order valence-electron chi connectivity index (χ0n) is 17.8. The Labute approximate surface area is 177 Å². The van der Waals surface area contributed by atoms with Crippen LogP contribution in [0.5, 0.6) is 11.5 Å². The molecule has 0 aromatic heterocycles. The van der Waals surface area contributed by atoms with E-state index in [1.165, 1.54) is 0 Å². The molecule has 3 rings (SSSR count). The van der Waals surface area contributed by atoms with Gasteiger partial charge in [0, 0.05) is 51.0 Å². The molecule has 1 atom stereocenters. The van der Waals surface area contributed by atoms with E-state index >= 15 is 0 Å². The van der Waals surface area contributed by atoms with Gasteiger partial charge >= 0.3 is 0 Å².